The zero-order chi connectivity index (χ0) is 15.7. The van der Waals surface area contributed by atoms with Crippen molar-refractivity contribution in [2.45, 2.75) is 0 Å². The summed E-state index contributed by atoms with van der Waals surface area (Å²) in [7, 11) is 1.59. The van der Waals surface area contributed by atoms with E-state index in [9.17, 15) is 9.60 Å². The van der Waals surface area contributed by atoms with Gasteiger partial charge in [0, 0.05) is 22.9 Å². The van der Waals surface area contributed by atoms with Gasteiger partial charge in [-0.15, -0.1) is 0 Å². The largest absolute Gasteiger partial charge is 0.288 e. The normalized spacial score (nSPS) is 16.3. The molecule has 4 nitrogen and oxygen atoms in total. The molecule has 6 heteroatoms. The lowest BCUT2D eigenvalue weighted by Gasteiger charge is -2.19. The Morgan fingerprint density at radius 1 is 1.27 bits per heavy atom. The minimum atomic E-state index is -0.431. The molecule has 0 amide bonds. The van der Waals surface area contributed by atoms with Gasteiger partial charge >= 0.3 is 0 Å². The van der Waals surface area contributed by atoms with Gasteiger partial charge in [0.2, 0.25) is 0 Å². The van der Waals surface area contributed by atoms with Gasteiger partial charge in [-0.05, 0) is 30.3 Å². The molecule has 1 heterocycles. The van der Waals surface area contributed by atoms with Gasteiger partial charge in [-0.1, -0.05) is 23.7 Å². The Bertz CT molecular complexity index is 879. The van der Waals surface area contributed by atoms with Crippen LogP contribution in [0, 0.1) is 5.82 Å². The summed E-state index contributed by atoms with van der Waals surface area (Å²) in [6.45, 7) is 0.0620. The highest BCUT2D eigenvalue weighted by Gasteiger charge is 2.19. The zero-order valence-corrected chi connectivity index (χ0v) is 12.5. The number of amidine groups is 1. The highest BCUT2D eigenvalue weighted by Crippen LogP contribution is 2.19. The predicted octanol–water partition coefficient (Wildman–Crippen LogP) is 1.99. The SMILES string of the molecule is CN=C1CN(O)C(c2ccccc2F)=c2cc(Cl)ccc2=N1. The van der Waals surface area contributed by atoms with Crippen molar-refractivity contribution >= 4 is 23.1 Å². The fraction of sp³-hybridized carbons (Fsp3) is 0.125. The number of rotatable bonds is 1. The highest BCUT2D eigenvalue weighted by molar-refractivity contribution is 6.30. The number of fused-ring (bicyclic) bond motifs is 1. The Labute approximate surface area is 131 Å². The fourth-order valence-electron chi connectivity index (χ4n) is 2.38. The minimum Gasteiger partial charge on any atom is -0.288 e. The van der Waals surface area contributed by atoms with Crippen LogP contribution in [0.25, 0.3) is 5.70 Å². The van der Waals surface area contributed by atoms with Crippen LogP contribution in [-0.2, 0) is 0 Å². The van der Waals surface area contributed by atoms with E-state index in [1.165, 1.54) is 6.07 Å². The Morgan fingerprint density at radius 3 is 2.77 bits per heavy atom. The van der Waals surface area contributed by atoms with Crippen molar-refractivity contribution in [1.29, 1.82) is 0 Å². The molecule has 1 N–H and O–H groups in total. The molecule has 0 bridgehead atoms. The third kappa shape index (κ3) is 2.61. The van der Waals surface area contributed by atoms with E-state index in [1.807, 2.05) is 0 Å². The van der Waals surface area contributed by atoms with Crippen LogP contribution in [0.2, 0.25) is 5.02 Å². The number of benzene rings is 2. The number of hydrogen-bond donors (Lipinski definition) is 1. The molecule has 0 spiro atoms. The van der Waals surface area contributed by atoms with Crippen LogP contribution in [0.1, 0.15) is 5.56 Å². The molecule has 112 valence electrons. The number of hydrogen-bond acceptors (Lipinski definition) is 3. The predicted molar refractivity (Wildman–Crippen MR) is 83.0 cm³/mol. The minimum absolute atomic E-state index is 0.0620. The summed E-state index contributed by atoms with van der Waals surface area (Å²) >= 11 is 6.06. The molecule has 0 atom stereocenters. The maximum atomic E-state index is 14.2. The second kappa shape index (κ2) is 5.87. The first kappa shape index (κ1) is 14.7. The van der Waals surface area contributed by atoms with E-state index >= 15 is 0 Å². The maximum Gasteiger partial charge on any atom is 0.145 e. The third-order valence-corrected chi connectivity index (χ3v) is 3.63. The van der Waals surface area contributed by atoms with Gasteiger partial charge in [-0.3, -0.25) is 10.2 Å². The first-order valence-corrected chi connectivity index (χ1v) is 7.03. The average Bonchev–Trinajstić information content (AvgIpc) is 2.64. The molecule has 2 aromatic carbocycles. The first-order valence-electron chi connectivity index (χ1n) is 6.65. The van der Waals surface area contributed by atoms with Gasteiger partial charge in [-0.25, -0.2) is 14.4 Å². The molecule has 1 aliphatic rings. The Morgan fingerprint density at radius 2 is 2.05 bits per heavy atom. The summed E-state index contributed by atoms with van der Waals surface area (Å²) in [6, 6.07) is 11.3. The van der Waals surface area contributed by atoms with Gasteiger partial charge in [0.05, 0.1) is 11.1 Å². The molecule has 0 unspecified atom stereocenters. The molecule has 0 saturated carbocycles. The van der Waals surface area contributed by atoms with Crippen LogP contribution in [0.3, 0.4) is 0 Å². The maximum absolute atomic E-state index is 14.2. The van der Waals surface area contributed by atoms with Gasteiger partial charge in [-0.2, -0.15) is 0 Å². The van der Waals surface area contributed by atoms with Crippen LogP contribution in [0.5, 0.6) is 0 Å². The monoisotopic (exact) mass is 317 g/mol. The Kier molecular flexibility index (Phi) is 3.92. The first-order chi connectivity index (χ1) is 10.6. The number of aliphatic imine (C=N–C) groups is 1. The van der Waals surface area contributed by atoms with Crippen molar-refractivity contribution in [1.82, 2.24) is 5.06 Å². The second-order valence-electron chi connectivity index (χ2n) is 4.80. The van der Waals surface area contributed by atoms with E-state index in [2.05, 4.69) is 9.98 Å². The van der Waals surface area contributed by atoms with Crippen molar-refractivity contribution in [2.24, 2.45) is 9.98 Å². The highest BCUT2D eigenvalue weighted by atomic mass is 35.5. The molecule has 1 aliphatic heterocycles. The average molecular weight is 318 g/mol. The number of halogens is 2. The number of hydroxylamine groups is 2. The fourth-order valence-corrected chi connectivity index (χ4v) is 2.55. The summed E-state index contributed by atoms with van der Waals surface area (Å²) in [5.74, 6) is 0.0109. The molecule has 0 radical (unpaired) electrons. The summed E-state index contributed by atoms with van der Waals surface area (Å²) in [6.07, 6.45) is 0. The van der Waals surface area contributed by atoms with Crippen molar-refractivity contribution < 1.29 is 9.60 Å². The third-order valence-electron chi connectivity index (χ3n) is 3.40. The lowest BCUT2D eigenvalue weighted by molar-refractivity contribution is -0.0122. The lowest BCUT2D eigenvalue weighted by Crippen LogP contribution is -2.32. The van der Waals surface area contributed by atoms with Crippen LogP contribution >= 0.6 is 11.6 Å². The van der Waals surface area contributed by atoms with E-state index in [0.717, 1.165) is 5.06 Å². The molecular formula is C16H13ClFN3O. The molecule has 0 saturated heterocycles. The van der Waals surface area contributed by atoms with Crippen molar-refractivity contribution in [3.63, 3.8) is 0 Å². The van der Waals surface area contributed by atoms with Crippen LogP contribution in [0.4, 0.5) is 4.39 Å². The molecule has 0 fully saturated rings. The van der Waals surface area contributed by atoms with E-state index in [1.54, 1.807) is 43.4 Å². The molecule has 0 aliphatic carbocycles. The summed E-state index contributed by atoms with van der Waals surface area (Å²) in [4.78, 5) is 8.44. The van der Waals surface area contributed by atoms with E-state index in [0.29, 0.717) is 27.1 Å². The topological polar surface area (TPSA) is 48.2 Å². The molecule has 3 rings (SSSR count). The van der Waals surface area contributed by atoms with E-state index in [-0.39, 0.29) is 12.1 Å². The summed E-state index contributed by atoms with van der Waals surface area (Å²) < 4.78 is 14.2. The standard InChI is InChI=1S/C16H13ClFN3O/c1-19-15-9-21(22)16(11-4-2-3-5-13(11)18)12-8-10(17)6-7-14(12)20-15/h2-8,22H,9H2,1H3. The van der Waals surface area contributed by atoms with Crippen molar-refractivity contribution in [3.8, 4) is 0 Å². The van der Waals surface area contributed by atoms with Crippen LogP contribution < -0.4 is 10.6 Å². The van der Waals surface area contributed by atoms with E-state index in [4.69, 9.17) is 11.6 Å². The second-order valence-corrected chi connectivity index (χ2v) is 5.24. The lowest BCUT2D eigenvalue weighted by atomic mass is 10.1. The van der Waals surface area contributed by atoms with Crippen molar-refractivity contribution in [2.75, 3.05) is 13.6 Å². The van der Waals surface area contributed by atoms with E-state index < -0.39 is 5.82 Å². The van der Waals surface area contributed by atoms with Gasteiger partial charge in [0.1, 0.15) is 18.2 Å². The van der Waals surface area contributed by atoms with Crippen LogP contribution in [0.15, 0.2) is 52.4 Å². The number of nitrogens with zero attached hydrogens (tertiary/aromatic N) is 3. The summed E-state index contributed by atoms with van der Waals surface area (Å²) in [5, 5.41) is 13.0. The molecular weight excluding hydrogens is 305 g/mol. The summed E-state index contributed by atoms with van der Waals surface area (Å²) in [5.41, 5.74) is 0.596. The van der Waals surface area contributed by atoms with Gasteiger partial charge in [0.25, 0.3) is 0 Å². The molecule has 22 heavy (non-hydrogen) atoms. The quantitative estimate of drug-likeness (QED) is 0.874. The van der Waals surface area contributed by atoms with Crippen LogP contribution in [-0.4, -0.2) is 29.7 Å². The molecule has 0 aromatic heterocycles. The molecule has 2 aromatic rings. The van der Waals surface area contributed by atoms with Gasteiger partial charge in [0.15, 0.2) is 0 Å². The zero-order valence-electron chi connectivity index (χ0n) is 11.8. The Hall–Kier alpha value is -2.24. The van der Waals surface area contributed by atoms with Gasteiger partial charge < -0.3 is 0 Å². The van der Waals surface area contributed by atoms with Crippen molar-refractivity contribution in [3.05, 3.63) is 69.4 Å². The Balaban J connectivity index is 2.45. The smallest absolute Gasteiger partial charge is 0.145 e.